The Bertz CT molecular complexity index is 1800. The number of rotatable bonds is 9. The van der Waals surface area contributed by atoms with Gasteiger partial charge in [-0.3, -0.25) is 9.59 Å². The van der Waals surface area contributed by atoms with E-state index in [0.717, 1.165) is 46.4 Å². The van der Waals surface area contributed by atoms with Gasteiger partial charge in [-0.1, -0.05) is 41.9 Å². The van der Waals surface area contributed by atoms with Gasteiger partial charge in [0, 0.05) is 35.8 Å². The lowest BCUT2D eigenvalue weighted by Gasteiger charge is -2.40. The molecule has 0 aliphatic heterocycles. The van der Waals surface area contributed by atoms with Crippen molar-refractivity contribution in [1.29, 1.82) is 0 Å². The van der Waals surface area contributed by atoms with E-state index < -0.39 is 29.2 Å². The summed E-state index contributed by atoms with van der Waals surface area (Å²) in [6, 6.07) is 14.6. The van der Waals surface area contributed by atoms with Crippen LogP contribution in [-0.2, 0) is 6.54 Å². The van der Waals surface area contributed by atoms with Crippen LogP contribution in [0.2, 0.25) is 5.02 Å². The molecule has 7 nitrogen and oxygen atoms in total. The number of nitrogens with zero attached hydrogens (tertiary/aromatic N) is 2. The van der Waals surface area contributed by atoms with Gasteiger partial charge in [0.25, 0.3) is 5.91 Å². The summed E-state index contributed by atoms with van der Waals surface area (Å²) < 4.78 is 35.2. The molecule has 11 heteroatoms. The minimum absolute atomic E-state index is 0.0173. The van der Waals surface area contributed by atoms with Crippen LogP contribution < -0.4 is 4.74 Å². The lowest BCUT2D eigenvalue weighted by atomic mass is 9.84. The molecule has 1 N–H and O–H groups in total. The number of aldehydes is 1. The summed E-state index contributed by atoms with van der Waals surface area (Å²) >= 11 is 7.44. The molecule has 0 saturated heterocycles. The Kier molecular flexibility index (Phi) is 10.2. The fraction of sp³-hybridized carbons (Fsp3) is 0.361. The molecule has 248 valence electrons. The third kappa shape index (κ3) is 7.28. The zero-order chi connectivity index (χ0) is 34.0. The van der Waals surface area contributed by atoms with E-state index in [0.29, 0.717) is 43.5 Å². The van der Waals surface area contributed by atoms with Crippen LogP contribution in [0.5, 0.6) is 5.75 Å². The SMILES string of the molecule is COc1ccc(-c2ccc(C=O)cc2)cc1CN(C(=O)c1sc2c(F)ccc(F)c2c1Cl)C1CCC(CN(C(=O)O)C(C)(C)C)CC1. The van der Waals surface area contributed by atoms with Crippen molar-refractivity contribution in [2.24, 2.45) is 5.92 Å². The molecular formula is C36H37ClF2N2O5S. The van der Waals surface area contributed by atoms with E-state index in [1.807, 2.05) is 51.1 Å². The first-order chi connectivity index (χ1) is 22.3. The first-order valence-corrected chi connectivity index (χ1v) is 16.6. The molecule has 1 aromatic heterocycles. The second kappa shape index (κ2) is 14.0. The molecule has 3 aromatic carbocycles. The van der Waals surface area contributed by atoms with Crippen molar-refractivity contribution in [1.82, 2.24) is 9.80 Å². The Labute approximate surface area is 281 Å². The molecule has 1 aliphatic carbocycles. The Hall–Kier alpha value is -4.02. The predicted octanol–water partition coefficient (Wildman–Crippen LogP) is 9.30. The molecular weight excluding hydrogens is 646 g/mol. The van der Waals surface area contributed by atoms with E-state index in [-0.39, 0.29) is 38.5 Å². The van der Waals surface area contributed by atoms with Crippen LogP contribution in [0.25, 0.3) is 21.2 Å². The first kappa shape index (κ1) is 34.3. The Balaban J connectivity index is 1.50. The summed E-state index contributed by atoms with van der Waals surface area (Å²) in [5.74, 6) is -1.13. The van der Waals surface area contributed by atoms with Gasteiger partial charge in [-0.15, -0.1) is 11.3 Å². The Morgan fingerprint density at radius 1 is 1.00 bits per heavy atom. The maximum Gasteiger partial charge on any atom is 0.407 e. The number of thiophene rings is 1. The van der Waals surface area contributed by atoms with Crippen molar-refractivity contribution >= 4 is 51.3 Å². The molecule has 0 bridgehead atoms. The molecule has 2 amide bonds. The number of halogens is 3. The molecule has 0 atom stereocenters. The van der Waals surface area contributed by atoms with Gasteiger partial charge in [-0.25, -0.2) is 13.6 Å². The highest BCUT2D eigenvalue weighted by molar-refractivity contribution is 7.21. The number of ether oxygens (including phenoxy) is 1. The standard InChI is InChI=1S/C36H37ClF2N2O5S/c1-36(2,3)41(35(44)45)18-21-7-12-26(13-8-21)40(34(43)33-31(37)30-27(38)14-15-28(39)32(30)47-33)19-25-17-24(11-16-29(25)46-4)23-9-5-22(20-42)6-10-23/h5-6,9-11,14-17,20-21,26H,7-8,12-13,18-19H2,1-4H3,(H,44,45). The summed E-state index contributed by atoms with van der Waals surface area (Å²) in [6.45, 7) is 6.12. The number of amides is 2. The van der Waals surface area contributed by atoms with Crippen LogP contribution in [0.15, 0.2) is 54.6 Å². The smallest absolute Gasteiger partial charge is 0.407 e. The second-order valence-corrected chi connectivity index (χ2v) is 14.3. The van der Waals surface area contributed by atoms with Crippen molar-refractivity contribution in [3.63, 3.8) is 0 Å². The molecule has 1 saturated carbocycles. The number of carboxylic acid groups (broad SMARTS) is 1. The highest BCUT2D eigenvalue weighted by atomic mass is 35.5. The van der Waals surface area contributed by atoms with Gasteiger partial charge in [0.15, 0.2) is 0 Å². The monoisotopic (exact) mass is 682 g/mol. The molecule has 0 unspecified atom stereocenters. The van der Waals surface area contributed by atoms with Gasteiger partial charge in [-0.2, -0.15) is 0 Å². The number of hydrogen-bond donors (Lipinski definition) is 1. The molecule has 0 radical (unpaired) electrons. The van der Waals surface area contributed by atoms with Gasteiger partial charge in [0.05, 0.1) is 22.2 Å². The number of fused-ring (bicyclic) bond motifs is 1. The van der Waals surface area contributed by atoms with Gasteiger partial charge >= 0.3 is 6.09 Å². The summed E-state index contributed by atoms with van der Waals surface area (Å²) in [5.41, 5.74) is 2.45. The molecule has 1 heterocycles. The molecule has 0 spiro atoms. The van der Waals surface area contributed by atoms with E-state index in [1.165, 1.54) is 4.90 Å². The van der Waals surface area contributed by atoms with Crippen molar-refractivity contribution < 1.29 is 33.0 Å². The maximum atomic E-state index is 14.8. The van der Waals surface area contributed by atoms with Crippen molar-refractivity contribution in [3.8, 4) is 16.9 Å². The molecule has 1 fully saturated rings. The summed E-state index contributed by atoms with van der Waals surface area (Å²) in [6.07, 6.45) is 2.41. The topological polar surface area (TPSA) is 87.2 Å². The van der Waals surface area contributed by atoms with E-state index >= 15 is 0 Å². The minimum Gasteiger partial charge on any atom is -0.496 e. The van der Waals surface area contributed by atoms with Crippen molar-refractivity contribution in [2.45, 2.75) is 64.6 Å². The number of hydrogen-bond acceptors (Lipinski definition) is 5. The highest BCUT2D eigenvalue weighted by Crippen LogP contribution is 2.41. The maximum absolute atomic E-state index is 14.8. The van der Waals surface area contributed by atoms with Crippen molar-refractivity contribution in [3.05, 3.63) is 87.3 Å². The zero-order valence-corrected chi connectivity index (χ0v) is 28.3. The second-order valence-electron chi connectivity index (χ2n) is 12.9. The number of benzene rings is 3. The van der Waals surface area contributed by atoms with Crippen LogP contribution in [0.3, 0.4) is 0 Å². The number of carbonyl (C=O) groups excluding carboxylic acids is 2. The third-order valence-electron chi connectivity index (χ3n) is 8.88. The van der Waals surface area contributed by atoms with Crippen LogP contribution in [0.1, 0.15) is 72.0 Å². The molecule has 4 aromatic rings. The number of carbonyl (C=O) groups is 3. The van der Waals surface area contributed by atoms with E-state index in [1.54, 1.807) is 24.1 Å². The molecule has 1 aliphatic rings. The third-order valence-corrected chi connectivity index (χ3v) is 10.6. The highest BCUT2D eigenvalue weighted by Gasteiger charge is 2.35. The van der Waals surface area contributed by atoms with Crippen LogP contribution >= 0.6 is 22.9 Å². The van der Waals surface area contributed by atoms with Crippen LogP contribution in [0, 0.1) is 17.6 Å². The van der Waals surface area contributed by atoms with Gasteiger partial charge in [0.2, 0.25) is 0 Å². The average molecular weight is 683 g/mol. The van der Waals surface area contributed by atoms with E-state index in [9.17, 15) is 28.3 Å². The van der Waals surface area contributed by atoms with E-state index in [2.05, 4.69) is 0 Å². The number of methoxy groups -OCH3 is 1. The fourth-order valence-electron chi connectivity index (χ4n) is 6.29. The minimum atomic E-state index is -0.969. The quantitative estimate of drug-likeness (QED) is 0.178. The van der Waals surface area contributed by atoms with Gasteiger partial charge in [-0.05, 0) is 87.8 Å². The molecule has 5 rings (SSSR count). The van der Waals surface area contributed by atoms with Crippen LogP contribution in [0.4, 0.5) is 13.6 Å². The summed E-state index contributed by atoms with van der Waals surface area (Å²) in [7, 11) is 1.55. The van der Waals surface area contributed by atoms with Crippen LogP contribution in [-0.4, -0.2) is 58.4 Å². The van der Waals surface area contributed by atoms with Crippen molar-refractivity contribution in [2.75, 3.05) is 13.7 Å². The lowest BCUT2D eigenvalue weighted by Crippen LogP contribution is -2.48. The predicted molar refractivity (Wildman–Crippen MR) is 181 cm³/mol. The average Bonchev–Trinajstić information content (AvgIpc) is 3.41. The molecule has 47 heavy (non-hydrogen) atoms. The summed E-state index contributed by atoms with van der Waals surface area (Å²) in [5, 5.41) is 9.59. The lowest BCUT2D eigenvalue weighted by molar-refractivity contribution is 0.0535. The largest absolute Gasteiger partial charge is 0.496 e. The fourth-order valence-corrected chi connectivity index (χ4v) is 7.79. The first-order valence-electron chi connectivity index (χ1n) is 15.4. The zero-order valence-electron chi connectivity index (χ0n) is 26.7. The Morgan fingerprint density at radius 2 is 1.64 bits per heavy atom. The van der Waals surface area contributed by atoms with Gasteiger partial charge in [0.1, 0.15) is 28.5 Å². The van der Waals surface area contributed by atoms with E-state index in [4.69, 9.17) is 16.3 Å². The normalized spacial score (nSPS) is 16.6. The van der Waals surface area contributed by atoms with Gasteiger partial charge < -0.3 is 19.6 Å². The summed E-state index contributed by atoms with van der Waals surface area (Å²) in [4.78, 5) is 40.8. The Morgan fingerprint density at radius 3 is 2.21 bits per heavy atom.